The van der Waals surface area contributed by atoms with Gasteiger partial charge in [-0.1, -0.05) is 32.4 Å². The number of carbonyl (C=O) groups excluding carboxylic acids is 3. The second-order valence-corrected chi connectivity index (χ2v) is 13.9. The van der Waals surface area contributed by atoms with Gasteiger partial charge in [0.05, 0.1) is 44.6 Å². The maximum atomic E-state index is 13.4. The Labute approximate surface area is 253 Å². The predicted molar refractivity (Wildman–Crippen MR) is 155 cm³/mol. The van der Waals surface area contributed by atoms with Crippen LogP contribution in [0.25, 0.3) is 0 Å². The SMILES string of the molecule is CC=C(C)C(=O)OC1CC(OC(C)=O)C2(C)COC3C4OC5CC(c6ccoc6)C(C)=C5C4(C)C(CC(=O)OC)C1(C)C32. The van der Waals surface area contributed by atoms with E-state index in [0.717, 1.165) is 12.0 Å². The van der Waals surface area contributed by atoms with Gasteiger partial charge in [0.1, 0.15) is 12.2 Å². The Balaban J connectivity index is 1.55. The third-order valence-electron chi connectivity index (χ3n) is 12.0. The van der Waals surface area contributed by atoms with E-state index >= 15 is 0 Å². The van der Waals surface area contributed by atoms with Crippen LogP contribution in [0.5, 0.6) is 0 Å². The smallest absolute Gasteiger partial charge is 0.333 e. The molecule has 3 heterocycles. The average molecular weight is 597 g/mol. The van der Waals surface area contributed by atoms with E-state index in [-0.39, 0.29) is 48.5 Å². The molecule has 0 amide bonds. The molecule has 9 heteroatoms. The Kier molecular flexibility index (Phi) is 7.24. The first-order valence-corrected chi connectivity index (χ1v) is 15.4. The second-order valence-electron chi connectivity index (χ2n) is 13.9. The summed E-state index contributed by atoms with van der Waals surface area (Å²) in [5.74, 6) is -1.54. The summed E-state index contributed by atoms with van der Waals surface area (Å²) in [4.78, 5) is 39.0. The molecule has 6 rings (SSSR count). The van der Waals surface area contributed by atoms with Gasteiger partial charge in [-0.3, -0.25) is 9.59 Å². The first-order valence-electron chi connectivity index (χ1n) is 15.4. The van der Waals surface area contributed by atoms with Crippen LogP contribution in [0.3, 0.4) is 0 Å². The van der Waals surface area contributed by atoms with Crippen LogP contribution in [0.2, 0.25) is 0 Å². The highest BCUT2D eigenvalue weighted by atomic mass is 16.6. The zero-order valence-corrected chi connectivity index (χ0v) is 26.4. The van der Waals surface area contributed by atoms with Gasteiger partial charge < -0.3 is 28.1 Å². The fourth-order valence-corrected chi connectivity index (χ4v) is 10.0. The zero-order chi connectivity index (χ0) is 31.1. The molecule has 0 spiro atoms. The van der Waals surface area contributed by atoms with Crippen molar-refractivity contribution in [3.8, 4) is 0 Å². The maximum absolute atomic E-state index is 13.4. The van der Waals surface area contributed by atoms with Crippen molar-refractivity contribution in [3.05, 3.63) is 47.0 Å². The number of ether oxygens (including phenoxy) is 5. The normalized spacial score (nSPS) is 43.1. The Hall–Kier alpha value is -2.91. The van der Waals surface area contributed by atoms with Gasteiger partial charge in [0.2, 0.25) is 0 Å². The van der Waals surface area contributed by atoms with Crippen molar-refractivity contribution in [2.45, 2.75) is 104 Å². The maximum Gasteiger partial charge on any atom is 0.333 e. The van der Waals surface area contributed by atoms with Crippen molar-refractivity contribution in [1.29, 1.82) is 0 Å². The minimum atomic E-state index is -0.741. The largest absolute Gasteiger partial charge is 0.472 e. The highest BCUT2D eigenvalue weighted by Crippen LogP contribution is 2.74. The first-order chi connectivity index (χ1) is 20.3. The lowest BCUT2D eigenvalue weighted by molar-refractivity contribution is -0.251. The van der Waals surface area contributed by atoms with Crippen molar-refractivity contribution < 1.29 is 42.5 Å². The molecular formula is C34H44O9. The highest BCUT2D eigenvalue weighted by Gasteiger charge is 2.78. The number of rotatable bonds is 6. The molecule has 2 saturated carbocycles. The fraction of sp³-hybridized carbons (Fsp3) is 0.676. The monoisotopic (exact) mass is 596 g/mol. The molecule has 234 valence electrons. The number of hydrogen-bond donors (Lipinski definition) is 0. The van der Waals surface area contributed by atoms with Gasteiger partial charge in [0, 0.05) is 53.4 Å². The lowest BCUT2D eigenvalue weighted by Crippen LogP contribution is -2.71. The molecular weight excluding hydrogens is 552 g/mol. The number of hydrogen-bond acceptors (Lipinski definition) is 9. The topological polar surface area (TPSA) is 111 Å². The molecule has 0 aromatic carbocycles. The standard InChI is InChI=1S/C34H44O9/c1-9-17(2)31(37)43-25-14-24(41-19(4)35)32(5)16-40-28-29(32)33(25,6)23(13-26(36)38-8)34(7)27-18(3)21(20-10-11-39-15-20)12-22(27)42-30(28)34/h9-11,15,21-25,28-30H,12-14,16H2,1-8H3. The Morgan fingerprint density at radius 2 is 1.84 bits per heavy atom. The molecule has 4 fully saturated rings. The van der Waals surface area contributed by atoms with Crippen LogP contribution in [-0.2, 0) is 38.1 Å². The molecule has 0 radical (unpaired) electrons. The first kappa shape index (κ1) is 30.1. The van der Waals surface area contributed by atoms with Gasteiger partial charge in [0.25, 0.3) is 0 Å². The lowest BCUT2D eigenvalue weighted by atomic mass is 9.40. The van der Waals surface area contributed by atoms with Crippen LogP contribution in [0.4, 0.5) is 0 Å². The van der Waals surface area contributed by atoms with Crippen LogP contribution in [0.15, 0.2) is 45.8 Å². The molecule has 5 aliphatic rings. The van der Waals surface area contributed by atoms with Crippen LogP contribution in [0.1, 0.15) is 79.2 Å². The molecule has 1 aromatic heterocycles. The second kappa shape index (κ2) is 10.3. The summed E-state index contributed by atoms with van der Waals surface area (Å²) in [6, 6.07) is 2.00. The van der Waals surface area contributed by atoms with Crippen LogP contribution >= 0.6 is 0 Å². The Bertz CT molecular complexity index is 1380. The van der Waals surface area contributed by atoms with Crippen LogP contribution in [0, 0.1) is 28.1 Å². The van der Waals surface area contributed by atoms with Gasteiger partial charge in [-0.05, 0) is 50.3 Å². The van der Waals surface area contributed by atoms with E-state index in [1.165, 1.54) is 25.2 Å². The van der Waals surface area contributed by atoms with Crippen molar-refractivity contribution >= 4 is 17.9 Å². The Morgan fingerprint density at radius 3 is 2.47 bits per heavy atom. The molecule has 43 heavy (non-hydrogen) atoms. The summed E-state index contributed by atoms with van der Waals surface area (Å²) in [6.45, 7) is 13.9. The third-order valence-corrected chi connectivity index (χ3v) is 12.0. The number of esters is 3. The van der Waals surface area contributed by atoms with E-state index in [2.05, 4.69) is 27.7 Å². The van der Waals surface area contributed by atoms with Crippen molar-refractivity contribution in [3.63, 3.8) is 0 Å². The number of allylic oxidation sites excluding steroid dienone is 2. The van der Waals surface area contributed by atoms with E-state index in [4.69, 9.17) is 28.1 Å². The number of carbonyl (C=O) groups is 3. The van der Waals surface area contributed by atoms with Gasteiger partial charge in [-0.2, -0.15) is 0 Å². The molecule has 0 bridgehead atoms. The quantitative estimate of drug-likeness (QED) is 0.187. The lowest BCUT2D eigenvalue weighted by Gasteiger charge is -2.65. The summed E-state index contributed by atoms with van der Waals surface area (Å²) < 4.78 is 36.8. The average Bonchev–Trinajstić information content (AvgIpc) is 3.73. The van der Waals surface area contributed by atoms with Crippen molar-refractivity contribution in [2.75, 3.05) is 13.7 Å². The Morgan fingerprint density at radius 1 is 1.09 bits per heavy atom. The van der Waals surface area contributed by atoms with Crippen molar-refractivity contribution in [1.82, 2.24) is 0 Å². The van der Waals surface area contributed by atoms with Crippen LogP contribution in [-0.4, -0.2) is 62.1 Å². The van der Waals surface area contributed by atoms with Gasteiger partial charge in [0.15, 0.2) is 0 Å². The summed E-state index contributed by atoms with van der Waals surface area (Å²) in [7, 11) is 1.41. The predicted octanol–water partition coefficient (Wildman–Crippen LogP) is 5.29. The third kappa shape index (κ3) is 4.13. The summed E-state index contributed by atoms with van der Waals surface area (Å²) in [5, 5.41) is 0. The number of fused-ring (bicyclic) bond motifs is 4. The zero-order valence-electron chi connectivity index (χ0n) is 26.4. The van der Waals surface area contributed by atoms with Gasteiger partial charge in [-0.15, -0.1) is 0 Å². The fourth-order valence-electron chi connectivity index (χ4n) is 10.0. The minimum Gasteiger partial charge on any atom is -0.472 e. The highest BCUT2D eigenvalue weighted by molar-refractivity contribution is 5.87. The summed E-state index contributed by atoms with van der Waals surface area (Å²) in [6.07, 6.45) is 4.39. The van der Waals surface area contributed by atoms with E-state index in [9.17, 15) is 14.4 Å². The van der Waals surface area contributed by atoms with Crippen LogP contribution < -0.4 is 0 Å². The molecule has 1 aromatic rings. The van der Waals surface area contributed by atoms with E-state index in [1.807, 2.05) is 6.07 Å². The van der Waals surface area contributed by atoms with E-state index in [0.29, 0.717) is 18.6 Å². The summed E-state index contributed by atoms with van der Waals surface area (Å²) in [5.41, 5.74) is 2.08. The van der Waals surface area contributed by atoms with E-state index < -0.39 is 40.4 Å². The molecule has 9 nitrogen and oxygen atoms in total. The number of methoxy groups -OCH3 is 1. The number of furan rings is 1. The van der Waals surface area contributed by atoms with Gasteiger partial charge in [-0.25, -0.2) is 4.79 Å². The summed E-state index contributed by atoms with van der Waals surface area (Å²) >= 11 is 0. The molecule has 0 N–H and O–H groups in total. The minimum absolute atomic E-state index is 0.122. The molecule has 11 atom stereocenters. The van der Waals surface area contributed by atoms with E-state index in [1.54, 1.807) is 32.4 Å². The molecule has 2 aliphatic heterocycles. The molecule has 2 saturated heterocycles. The van der Waals surface area contributed by atoms with Gasteiger partial charge >= 0.3 is 17.9 Å². The molecule has 11 unspecified atom stereocenters. The molecule has 3 aliphatic carbocycles. The van der Waals surface area contributed by atoms with Crippen molar-refractivity contribution in [2.24, 2.45) is 28.1 Å².